The van der Waals surface area contributed by atoms with Gasteiger partial charge in [0.1, 0.15) is 11.8 Å². The topological polar surface area (TPSA) is 140 Å². The molecule has 0 saturated carbocycles. The summed E-state index contributed by atoms with van der Waals surface area (Å²) in [7, 11) is 0. The minimum atomic E-state index is -0.733. The number of H-pyrrole nitrogens is 1. The number of aromatic amines is 1. The maximum Gasteiger partial charge on any atom is 0.326 e. The van der Waals surface area contributed by atoms with Crippen molar-refractivity contribution in [1.29, 1.82) is 0 Å². The van der Waals surface area contributed by atoms with E-state index in [0.29, 0.717) is 68.2 Å². The number of aromatic hydroxyl groups is 1. The lowest BCUT2D eigenvalue weighted by atomic mass is 9.98. The number of likely N-dealkylation sites (tertiary alicyclic amines) is 3. The second-order valence-electron chi connectivity index (χ2n) is 12.6. The van der Waals surface area contributed by atoms with Crippen LogP contribution in [0.3, 0.4) is 0 Å². The van der Waals surface area contributed by atoms with E-state index in [1.54, 1.807) is 27.7 Å². The third-order valence-corrected chi connectivity index (χ3v) is 11.0. The molecule has 1 aromatic heterocycles. The molecule has 242 valence electrons. The first-order chi connectivity index (χ1) is 21.7. The highest BCUT2D eigenvalue weighted by Crippen LogP contribution is 2.31. The molecule has 11 nitrogen and oxygen atoms in total. The Kier molecular flexibility index (Phi) is 9.76. The molecule has 3 aliphatic heterocycles. The van der Waals surface area contributed by atoms with Crippen LogP contribution in [0.4, 0.5) is 10.5 Å². The number of nitrogens with zero attached hydrogens (tertiary/aromatic N) is 4. The van der Waals surface area contributed by atoms with Gasteiger partial charge < -0.3 is 35.8 Å². The van der Waals surface area contributed by atoms with Crippen molar-refractivity contribution in [3.8, 4) is 5.75 Å². The number of fused-ring (bicyclic) bond motifs is 1. The Bertz CT molecular complexity index is 1580. The van der Waals surface area contributed by atoms with Gasteiger partial charge in [0.05, 0.1) is 16.7 Å². The number of urea groups is 1. The fraction of sp³-hybridized carbons (Fsp3) is 0.531. The number of rotatable bonds is 6. The minimum Gasteiger partial charge on any atom is -0.508 e. The van der Waals surface area contributed by atoms with E-state index in [1.807, 2.05) is 17.0 Å². The molecule has 3 fully saturated rings. The number of nitrogens with one attached hydrogen (secondary N) is 2. The number of phenols is 1. The largest absolute Gasteiger partial charge is 0.508 e. The Labute approximate surface area is 279 Å². The number of imidazole rings is 1. The van der Waals surface area contributed by atoms with Crippen molar-refractivity contribution < 1.29 is 14.7 Å². The van der Waals surface area contributed by atoms with Crippen molar-refractivity contribution in [2.75, 3.05) is 45.0 Å². The average Bonchev–Trinajstić information content (AvgIpc) is 3.38. The normalized spacial score (nSPS) is 19.6. The molecule has 1 atom stereocenters. The van der Waals surface area contributed by atoms with Gasteiger partial charge in [0.15, 0.2) is 0 Å². The zero-order valence-corrected chi connectivity index (χ0v) is 28.5. The summed E-state index contributed by atoms with van der Waals surface area (Å²) in [6.07, 6.45) is 7.19. The third-order valence-electron chi connectivity index (χ3n) is 9.68. The van der Waals surface area contributed by atoms with E-state index in [0.717, 1.165) is 40.4 Å². The molecule has 3 amide bonds. The fourth-order valence-corrected chi connectivity index (χ4v) is 8.47. The van der Waals surface area contributed by atoms with Crippen LogP contribution in [0.1, 0.15) is 56.6 Å². The van der Waals surface area contributed by atoms with E-state index in [9.17, 15) is 19.5 Å². The highest BCUT2D eigenvalue weighted by molar-refractivity contribution is 9.11. The van der Waals surface area contributed by atoms with Crippen LogP contribution in [0.15, 0.2) is 44.1 Å². The van der Waals surface area contributed by atoms with E-state index in [1.165, 1.54) is 19.3 Å². The number of nitrogen functional groups attached to an aromatic ring is 1. The first-order valence-electron chi connectivity index (χ1n) is 15.9. The van der Waals surface area contributed by atoms with Crippen molar-refractivity contribution in [3.63, 3.8) is 0 Å². The number of hydrogen-bond acceptors (Lipinski definition) is 6. The van der Waals surface area contributed by atoms with Gasteiger partial charge in [-0.15, -0.1) is 0 Å². The molecule has 0 unspecified atom stereocenters. The predicted molar refractivity (Wildman–Crippen MR) is 181 cm³/mol. The van der Waals surface area contributed by atoms with Gasteiger partial charge in [-0.25, -0.2) is 9.59 Å². The molecule has 3 saturated heterocycles. The Morgan fingerprint density at radius 1 is 0.911 bits per heavy atom. The van der Waals surface area contributed by atoms with Gasteiger partial charge in [0.2, 0.25) is 5.91 Å². The van der Waals surface area contributed by atoms with E-state index < -0.39 is 6.04 Å². The van der Waals surface area contributed by atoms with Gasteiger partial charge in [0, 0.05) is 59.7 Å². The summed E-state index contributed by atoms with van der Waals surface area (Å²) >= 11 is 7.03. The lowest BCUT2D eigenvalue weighted by Crippen LogP contribution is -2.56. The minimum absolute atomic E-state index is 0.0652. The molecule has 0 aliphatic carbocycles. The van der Waals surface area contributed by atoms with E-state index in [-0.39, 0.29) is 29.4 Å². The highest BCUT2D eigenvalue weighted by Gasteiger charge is 2.34. The number of carbonyl (C=O) groups is 2. The SMILES string of the molecule is Nc1c(Br)cc(C[C@@H](NC(=O)N2CCC(n3c(=O)[nH]c4ccc(O)cc43)CC2)C(=O)N2CCC(N3CCCCC3)CC2)cc1Br. The molecule has 5 N–H and O–H groups in total. The first kappa shape index (κ1) is 31.9. The standard InChI is InChI=1S/C32H41Br2N7O4/c33-24-16-20(17-25(34)29(24)35)18-27(30(43)39-12-6-21(7-13-39)38-10-2-1-3-11-38)37-31(44)40-14-8-22(9-15-40)41-28-19-23(42)4-5-26(28)36-32(41)45/h4-5,16-17,19,21-22,27,42H,1-3,6-15,18,35H2,(H,36,45)(H,37,44)/t27-/m1/s1. The van der Waals surface area contributed by atoms with Crippen molar-refractivity contribution in [1.82, 2.24) is 29.6 Å². The summed E-state index contributed by atoms with van der Waals surface area (Å²) in [4.78, 5) is 49.5. The summed E-state index contributed by atoms with van der Waals surface area (Å²) in [5.41, 5.74) is 8.67. The van der Waals surface area contributed by atoms with Crippen LogP contribution in [0.2, 0.25) is 0 Å². The van der Waals surface area contributed by atoms with Crippen LogP contribution in [0, 0.1) is 0 Å². The zero-order chi connectivity index (χ0) is 31.7. The number of nitrogens with two attached hydrogens (primary N) is 1. The molecule has 2 aromatic carbocycles. The fourth-order valence-electron chi connectivity index (χ4n) is 7.19. The summed E-state index contributed by atoms with van der Waals surface area (Å²) in [5, 5.41) is 13.1. The number of carbonyl (C=O) groups excluding carboxylic acids is 2. The molecule has 3 aliphatic rings. The van der Waals surface area contributed by atoms with Crippen LogP contribution < -0.4 is 16.7 Å². The number of phenolic OH excluding ortho intramolecular Hbond substituents is 1. The summed E-state index contributed by atoms with van der Waals surface area (Å²) in [6, 6.07) is 8.01. The Morgan fingerprint density at radius 2 is 1.53 bits per heavy atom. The lowest BCUT2D eigenvalue weighted by Gasteiger charge is -2.41. The number of benzene rings is 2. The van der Waals surface area contributed by atoms with Gasteiger partial charge in [-0.05, 0) is 113 Å². The molecule has 0 spiro atoms. The summed E-state index contributed by atoms with van der Waals surface area (Å²) < 4.78 is 3.14. The average molecular weight is 748 g/mol. The van der Waals surface area contributed by atoms with E-state index in [4.69, 9.17) is 5.73 Å². The maximum atomic E-state index is 14.0. The molecule has 3 aromatic rings. The van der Waals surface area contributed by atoms with Crippen LogP contribution >= 0.6 is 31.9 Å². The van der Waals surface area contributed by atoms with Gasteiger partial charge in [-0.3, -0.25) is 9.36 Å². The Hall–Kier alpha value is -3.03. The number of anilines is 1. The quantitative estimate of drug-likeness (QED) is 0.273. The smallest absolute Gasteiger partial charge is 0.326 e. The van der Waals surface area contributed by atoms with Crippen LogP contribution in [-0.4, -0.2) is 92.6 Å². The molecule has 6 rings (SSSR count). The number of aromatic nitrogens is 2. The molecule has 0 bridgehead atoms. The monoisotopic (exact) mass is 745 g/mol. The zero-order valence-electron chi connectivity index (χ0n) is 25.3. The number of hydrogen-bond donors (Lipinski definition) is 4. The van der Waals surface area contributed by atoms with Gasteiger partial charge in [-0.1, -0.05) is 6.42 Å². The highest BCUT2D eigenvalue weighted by atomic mass is 79.9. The maximum absolute atomic E-state index is 14.0. The summed E-state index contributed by atoms with van der Waals surface area (Å²) in [6.45, 7) is 4.54. The molecular formula is C32H41Br2N7O4. The third kappa shape index (κ3) is 7.05. The second kappa shape index (κ2) is 13.8. The van der Waals surface area contributed by atoms with E-state index in [2.05, 4.69) is 47.1 Å². The molecule has 13 heteroatoms. The van der Waals surface area contributed by atoms with Gasteiger partial charge in [0.25, 0.3) is 0 Å². The van der Waals surface area contributed by atoms with Crippen LogP contribution in [-0.2, 0) is 11.2 Å². The predicted octanol–water partition coefficient (Wildman–Crippen LogP) is 4.58. The molecule has 45 heavy (non-hydrogen) atoms. The lowest BCUT2D eigenvalue weighted by molar-refractivity contribution is -0.134. The van der Waals surface area contributed by atoms with Crippen LogP contribution in [0.25, 0.3) is 11.0 Å². The molecule has 4 heterocycles. The van der Waals surface area contributed by atoms with Gasteiger partial charge >= 0.3 is 11.7 Å². The van der Waals surface area contributed by atoms with Crippen LogP contribution in [0.5, 0.6) is 5.75 Å². The first-order valence-corrected chi connectivity index (χ1v) is 17.5. The molecule has 0 radical (unpaired) electrons. The van der Waals surface area contributed by atoms with Gasteiger partial charge in [-0.2, -0.15) is 0 Å². The number of amides is 3. The molecular weight excluding hydrogens is 706 g/mol. The second-order valence-corrected chi connectivity index (χ2v) is 14.3. The van der Waals surface area contributed by atoms with Crippen molar-refractivity contribution in [2.24, 2.45) is 0 Å². The number of halogens is 2. The van der Waals surface area contributed by atoms with Crippen molar-refractivity contribution in [3.05, 3.63) is 55.3 Å². The Morgan fingerprint density at radius 3 is 2.20 bits per heavy atom. The van der Waals surface area contributed by atoms with Crippen molar-refractivity contribution in [2.45, 2.75) is 69.5 Å². The van der Waals surface area contributed by atoms with E-state index >= 15 is 0 Å². The number of piperidine rings is 3. The Balaban J connectivity index is 1.13. The van der Waals surface area contributed by atoms with Crippen molar-refractivity contribution >= 4 is 60.5 Å². The summed E-state index contributed by atoms with van der Waals surface area (Å²) in [5.74, 6) is 0.0307.